The lowest BCUT2D eigenvalue weighted by molar-refractivity contribution is -0.167. The van der Waals surface area contributed by atoms with E-state index in [2.05, 4.69) is 10.6 Å². The van der Waals surface area contributed by atoms with Gasteiger partial charge in [-0.05, 0) is 51.1 Å². The first-order chi connectivity index (χ1) is 14.2. The number of carbonyl (C=O) groups excluding carboxylic acids is 3. The number of hydrogen-bond acceptors (Lipinski definition) is 5. The Bertz CT molecular complexity index is 901. The van der Waals surface area contributed by atoms with Gasteiger partial charge in [0.05, 0.1) is 11.4 Å². The Labute approximate surface area is 177 Å². The van der Waals surface area contributed by atoms with Crippen molar-refractivity contribution in [3.63, 3.8) is 0 Å². The SMILES string of the molecule is CNc1ccc(NC(=O)C(F)(F)F)cc1.Cn1cc(NC(=O)OC(C)(C)C)cc1C=O. The van der Waals surface area contributed by atoms with Gasteiger partial charge in [0.25, 0.3) is 0 Å². The van der Waals surface area contributed by atoms with E-state index >= 15 is 0 Å². The number of benzene rings is 1. The van der Waals surface area contributed by atoms with Gasteiger partial charge in [-0.25, -0.2) is 4.79 Å². The van der Waals surface area contributed by atoms with Crippen molar-refractivity contribution in [2.45, 2.75) is 32.5 Å². The number of ether oxygens (including phenoxy) is 1. The Kier molecular flexibility index (Phi) is 8.65. The highest BCUT2D eigenvalue weighted by Gasteiger charge is 2.38. The maximum atomic E-state index is 11.9. The molecule has 170 valence electrons. The van der Waals surface area contributed by atoms with E-state index in [-0.39, 0.29) is 5.69 Å². The summed E-state index contributed by atoms with van der Waals surface area (Å²) in [6, 6.07) is 7.47. The van der Waals surface area contributed by atoms with Crippen molar-refractivity contribution in [2.75, 3.05) is 23.0 Å². The molecule has 3 N–H and O–H groups in total. The minimum absolute atomic E-state index is 0.108. The van der Waals surface area contributed by atoms with Crippen LogP contribution in [0.4, 0.5) is 35.0 Å². The molecule has 2 rings (SSSR count). The van der Waals surface area contributed by atoms with Gasteiger partial charge in [-0.15, -0.1) is 0 Å². The zero-order chi connectivity index (χ0) is 23.8. The number of carbonyl (C=O) groups is 3. The summed E-state index contributed by atoms with van der Waals surface area (Å²) in [6.45, 7) is 5.36. The van der Waals surface area contributed by atoms with E-state index in [1.807, 2.05) is 0 Å². The molecule has 2 aromatic rings. The molecule has 1 heterocycles. The lowest BCUT2D eigenvalue weighted by Gasteiger charge is -2.19. The third-order valence-electron chi connectivity index (χ3n) is 3.50. The largest absolute Gasteiger partial charge is 0.471 e. The number of rotatable bonds is 4. The number of amides is 2. The van der Waals surface area contributed by atoms with E-state index in [0.29, 0.717) is 11.4 Å². The predicted octanol–water partition coefficient (Wildman–Crippen LogP) is 4.41. The molecule has 0 saturated heterocycles. The zero-order valence-electron chi connectivity index (χ0n) is 17.8. The Hall–Kier alpha value is -3.50. The van der Waals surface area contributed by atoms with Crippen molar-refractivity contribution < 1.29 is 32.3 Å². The van der Waals surface area contributed by atoms with E-state index in [0.717, 1.165) is 12.0 Å². The molecule has 0 atom stereocenters. The topological polar surface area (TPSA) is 101 Å². The lowest BCUT2D eigenvalue weighted by Crippen LogP contribution is -2.29. The van der Waals surface area contributed by atoms with Crippen LogP contribution >= 0.6 is 0 Å². The van der Waals surface area contributed by atoms with Crippen LogP contribution in [-0.4, -0.2) is 41.7 Å². The second-order valence-corrected chi connectivity index (χ2v) is 7.29. The summed E-state index contributed by atoms with van der Waals surface area (Å²) in [5.74, 6) is -1.97. The normalized spacial score (nSPS) is 11.0. The summed E-state index contributed by atoms with van der Waals surface area (Å²) < 4.78 is 42.3. The summed E-state index contributed by atoms with van der Waals surface area (Å²) >= 11 is 0. The summed E-state index contributed by atoms with van der Waals surface area (Å²) in [4.78, 5) is 32.5. The number of hydrogen-bond donors (Lipinski definition) is 3. The molecular weight excluding hydrogens is 417 g/mol. The second kappa shape index (κ2) is 10.5. The maximum Gasteiger partial charge on any atom is 0.471 e. The van der Waals surface area contributed by atoms with Gasteiger partial charge >= 0.3 is 18.2 Å². The minimum Gasteiger partial charge on any atom is -0.444 e. The fourth-order valence-electron chi connectivity index (χ4n) is 2.11. The number of anilines is 3. The summed E-state index contributed by atoms with van der Waals surface area (Å²) in [5.41, 5.74) is 1.35. The van der Waals surface area contributed by atoms with Crippen LogP contribution in [0, 0.1) is 0 Å². The van der Waals surface area contributed by atoms with Crippen molar-refractivity contribution in [3.05, 3.63) is 42.2 Å². The first-order valence-electron chi connectivity index (χ1n) is 9.02. The van der Waals surface area contributed by atoms with Crippen LogP contribution in [0.5, 0.6) is 0 Å². The van der Waals surface area contributed by atoms with Crippen LogP contribution in [0.25, 0.3) is 0 Å². The Morgan fingerprint density at radius 1 is 1.00 bits per heavy atom. The third kappa shape index (κ3) is 9.24. The maximum absolute atomic E-state index is 11.9. The number of halogens is 3. The summed E-state index contributed by atoms with van der Waals surface area (Å²) in [5, 5.41) is 7.10. The van der Waals surface area contributed by atoms with Crippen LogP contribution in [0.15, 0.2) is 36.5 Å². The molecule has 0 saturated carbocycles. The van der Waals surface area contributed by atoms with Gasteiger partial charge in [-0.2, -0.15) is 13.2 Å². The Balaban J connectivity index is 0.000000311. The molecule has 31 heavy (non-hydrogen) atoms. The molecular formula is C20H25F3N4O4. The van der Waals surface area contributed by atoms with E-state index < -0.39 is 23.8 Å². The fourth-order valence-corrected chi connectivity index (χ4v) is 2.11. The Morgan fingerprint density at radius 3 is 1.97 bits per heavy atom. The number of nitrogens with zero attached hydrogens (tertiary/aromatic N) is 1. The summed E-state index contributed by atoms with van der Waals surface area (Å²) in [6.07, 6.45) is -3.02. The molecule has 11 heteroatoms. The van der Waals surface area contributed by atoms with Crippen molar-refractivity contribution in [1.29, 1.82) is 0 Å². The average molecular weight is 442 g/mol. The average Bonchev–Trinajstić information content (AvgIpc) is 2.99. The van der Waals surface area contributed by atoms with Crippen molar-refractivity contribution in [1.82, 2.24) is 4.57 Å². The zero-order valence-corrected chi connectivity index (χ0v) is 17.8. The van der Waals surface area contributed by atoms with Crippen molar-refractivity contribution in [2.24, 2.45) is 7.05 Å². The first-order valence-corrected chi connectivity index (χ1v) is 9.02. The number of aldehydes is 1. The van der Waals surface area contributed by atoms with Crippen LogP contribution in [0.3, 0.4) is 0 Å². The predicted molar refractivity (Wildman–Crippen MR) is 111 cm³/mol. The van der Waals surface area contributed by atoms with Crippen LogP contribution in [-0.2, 0) is 16.6 Å². The molecule has 0 aliphatic rings. The van der Waals surface area contributed by atoms with Gasteiger partial charge in [0, 0.05) is 31.7 Å². The van der Waals surface area contributed by atoms with Crippen LogP contribution < -0.4 is 16.0 Å². The minimum atomic E-state index is -4.86. The monoisotopic (exact) mass is 442 g/mol. The molecule has 0 unspecified atom stereocenters. The standard InChI is InChI=1S/C11H16N2O3.C9H9F3N2O/c1-11(2,3)16-10(15)12-8-5-9(7-14)13(4)6-8;1-13-6-2-4-7(5-3-6)14-8(15)9(10,11)12/h5-7H,1-4H3,(H,12,15);2-5,13H,1H3,(H,14,15). The van der Waals surface area contributed by atoms with Crippen molar-refractivity contribution >= 4 is 35.3 Å². The van der Waals surface area contributed by atoms with E-state index in [4.69, 9.17) is 4.74 Å². The molecule has 1 aromatic carbocycles. The van der Waals surface area contributed by atoms with Crippen molar-refractivity contribution in [3.8, 4) is 0 Å². The highest BCUT2D eigenvalue weighted by atomic mass is 19.4. The molecule has 1 aromatic heterocycles. The number of nitrogens with one attached hydrogen (secondary N) is 3. The molecule has 0 spiro atoms. The van der Waals surface area contributed by atoms with Gasteiger partial charge in [0.1, 0.15) is 5.60 Å². The number of alkyl halides is 3. The molecule has 2 amide bonds. The molecule has 0 aliphatic carbocycles. The number of aromatic nitrogens is 1. The van der Waals surface area contributed by atoms with E-state index in [1.54, 1.807) is 69.1 Å². The highest BCUT2D eigenvalue weighted by molar-refractivity contribution is 5.95. The summed E-state index contributed by atoms with van der Waals surface area (Å²) in [7, 11) is 3.41. The van der Waals surface area contributed by atoms with Gasteiger partial charge in [0.15, 0.2) is 6.29 Å². The molecule has 0 fully saturated rings. The fraction of sp³-hybridized carbons (Fsp3) is 0.350. The first kappa shape index (κ1) is 25.5. The van der Waals surface area contributed by atoms with Gasteiger partial charge in [0.2, 0.25) is 0 Å². The molecule has 0 radical (unpaired) electrons. The van der Waals surface area contributed by atoms with Gasteiger partial charge in [-0.1, -0.05) is 0 Å². The van der Waals surface area contributed by atoms with Crippen LogP contribution in [0.2, 0.25) is 0 Å². The molecule has 8 nitrogen and oxygen atoms in total. The Morgan fingerprint density at radius 2 is 1.55 bits per heavy atom. The number of aryl methyl sites for hydroxylation is 1. The van der Waals surface area contributed by atoms with Gasteiger partial charge in [-0.3, -0.25) is 14.9 Å². The van der Waals surface area contributed by atoms with E-state index in [9.17, 15) is 27.6 Å². The van der Waals surface area contributed by atoms with Gasteiger partial charge < -0.3 is 19.9 Å². The highest BCUT2D eigenvalue weighted by Crippen LogP contribution is 2.19. The lowest BCUT2D eigenvalue weighted by atomic mass is 10.2. The molecule has 0 bridgehead atoms. The van der Waals surface area contributed by atoms with E-state index in [1.165, 1.54) is 12.1 Å². The molecule has 0 aliphatic heterocycles. The smallest absolute Gasteiger partial charge is 0.444 e. The second-order valence-electron chi connectivity index (χ2n) is 7.29. The van der Waals surface area contributed by atoms with Crippen LogP contribution in [0.1, 0.15) is 31.3 Å². The quantitative estimate of drug-likeness (QED) is 0.609. The third-order valence-corrected chi connectivity index (χ3v) is 3.50.